The highest BCUT2D eigenvalue weighted by atomic mass is 79.9. The molecule has 0 aromatic heterocycles. The molecule has 0 bridgehead atoms. The Bertz CT molecular complexity index is 993. The summed E-state index contributed by atoms with van der Waals surface area (Å²) in [6, 6.07) is 12.5. The molecule has 2 rings (SSSR count). The van der Waals surface area contributed by atoms with Crippen molar-refractivity contribution in [2.45, 2.75) is 45.8 Å². The molecule has 0 saturated heterocycles. The molecule has 0 radical (unpaired) electrons. The molecule has 3 amide bonds. The molecule has 10 heteroatoms. The van der Waals surface area contributed by atoms with Crippen LogP contribution in [0.4, 0.5) is 10.5 Å². The summed E-state index contributed by atoms with van der Waals surface area (Å²) < 4.78 is 11.6. The molecule has 0 aliphatic heterocycles. The molecule has 0 heterocycles. The van der Waals surface area contributed by atoms with Crippen molar-refractivity contribution in [1.82, 2.24) is 10.6 Å². The van der Waals surface area contributed by atoms with E-state index in [0.717, 1.165) is 10.0 Å². The zero-order chi connectivity index (χ0) is 25.1. The van der Waals surface area contributed by atoms with Crippen LogP contribution in [0.1, 0.15) is 39.2 Å². The van der Waals surface area contributed by atoms with Gasteiger partial charge in [-0.2, -0.15) is 0 Å². The average Bonchev–Trinajstić information content (AvgIpc) is 2.75. The van der Waals surface area contributed by atoms with E-state index >= 15 is 0 Å². The van der Waals surface area contributed by atoms with Crippen LogP contribution in [-0.2, 0) is 20.9 Å². The fraction of sp³-hybridized carbons (Fsp3) is 0.375. The maximum atomic E-state index is 12.1. The second kappa shape index (κ2) is 13.2. The van der Waals surface area contributed by atoms with Crippen molar-refractivity contribution < 1.29 is 23.9 Å². The van der Waals surface area contributed by atoms with Gasteiger partial charge in [-0.25, -0.2) is 4.79 Å². The number of carbonyl (C=O) groups excluding carboxylic acids is 3. The highest BCUT2D eigenvalue weighted by Gasteiger charge is 2.16. The normalized spacial score (nSPS) is 10.9. The van der Waals surface area contributed by atoms with Crippen LogP contribution in [0.25, 0.3) is 0 Å². The maximum absolute atomic E-state index is 12.1. The molecular formula is C24H29BrClN3O5. The van der Waals surface area contributed by atoms with Gasteiger partial charge in [-0.1, -0.05) is 39.7 Å². The monoisotopic (exact) mass is 553 g/mol. The Morgan fingerprint density at radius 2 is 1.71 bits per heavy atom. The smallest absolute Gasteiger partial charge is 0.408 e. The van der Waals surface area contributed by atoms with Gasteiger partial charge in [0.1, 0.15) is 17.9 Å². The number of alkyl carbamates (subject to hydrolysis) is 1. The average molecular weight is 555 g/mol. The minimum Gasteiger partial charge on any atom is -0.492 e. The largest absolute Gasteiger partial charge is 0.492 e. The van der Waals surface area contributed by atoms with Crippen LogP contribution in [0.3, 0.4) is 0 Å². The van der Waals surface area contributed by atoms with Gasteiger partial charge >= 0.3 is 6.09 Å². The Hall–Kier alpha value is -2.78. The third-order valence-corrected chi connectivity index (χ3v) is 5.01. The molecule has 0 spiro atoms. The Morgan fingerprint density at radius 1 is 1.00 bits per heavy atom. The summed E-state index contributed by atoms with van der Waals surface area (Å²) in [6.45, 7) is 5.72. The van der Waals surface area contributed by atoms with Crippen molar-refractivity contribution in [2.75, 3.05) is 18.5 Å². The van der Waals surface area contributed by atoms with E-state index < -0.39 is 11.7 Å². The van der Waals surface area contributed by atoms with Crippen LogP contribution in [0.5, 0.6) is 5.75 Å². The molecule has 0 atom stereocenters. The van der Waals surface area contributed by atoms with Crippen LogP contribution in [0, 0.1) is 0 Å². The minimum absolute atomic E-state index is 0.125. The highest BCUT2D eigenvalue weighted by Crippen LogP contribution is 2.27. The third kappa shape index (κ3) is 10.9. The van der Waals surface area contributed by atoms with E-state index in [-0.39, 0.29) is 18.4 Å². The van der Waals surface area contributed by atoms with E-state index in [4.69, 9.17) is 21.1 Å². The fourth-order valence-electron chi connectivity index (χ4n) is 2.67. The van der Waals surface area contributed by atoms with Gasteiger partial charge in [0.2, 0.25) is 11.8 Å². The van der Waals surface area contributed by atoms with E-state index in [2.05, 4.69) is 31.9 Å². The Kier molecular flexibility index (Phi) is 10.7. The second-order valence-electron chi connectivity index (χ2n) is 8.40. The molecule has 0 aliphatic rings. The van der Waals surface area contributed by atoms with E-state index in [1.807, 2.05) is 6.07 Å². The zero-order valence-corrected chi connectivity index (χ0v) is 21.7. The molecule has 184 valence electrons. The van der Waals surface area contributed by atoms with Crippen molar-refractivity contribution in [2.24, 2.45) is 0 Å². The number of halogens is 2. The van der Waals surface area contributed by atoms with Crippen molar-refractivity contribution in [3.05, 3.63) is 57.5 Å². The van der Waals surface area contributed by atoms with Crippen LogP contribution in [-0.4, -0.2) is 36.7 Å². The van der Waals surface area contributed by atoms with E-state index in [1.165, 1.54) is 0 Å². The quantitative estimate of drug-likeness (QED) is 0.357. The van der Waals surface area contributed by atoms with Crippen molar-refractivity contribution in [3.63, 3.8) is 0 Å². The summed E-state index contributed by atoms with van der Waals surface area (Å²) in [4.78, 5) is 35.6. The molecule has 0 fully saturated rings. The van der Waals surface area contributed by atoms with Crippen LogP contribution < -0.4 is 20.7 Å². The lowest BCUT2D eigenvalue weighted by molar-refractivity contribution is -0.120. The molecule has 8 nitrogen and oxygen atoms in total. The summed E-state index contributed by atoms with van der Waals surface area (Å²) in [5.41, 5.74) is 0.881. The predicted octanol–water partition coefficient (Wildman–Crippen LogP) is 5.04. The molecule has 0 unspecified atom stereocenters. The maximum Gasteiger partial charge on any atom is 0.408 e. The minimum atomic E-state index is -0.647. The van der Waals surface area contributed by atoms with Gasteiger partial charge in [0.25, 0.3) is 0 Å². The summed E-state index contributed by atoms with van der Waals surface area (Å²) in [5.74, 6) is 0.114. The number of rotatable bonds is 10. The first-order valence-electron chi connectivity index (χ1n) is 10.7. The van der Waals surface area contributed by atoms with E-state index in [0.29, 0.717) is 42.5 Å². The molecule has 0 aliphatic carbocycles. The summed E-state index contributed by atoms with van der Waals surface area (Å²) in [7, 11) is 0. The predicted molar refractivity (Wildman–Crippen MR) is 135 cm³/mol. The zero-order valence-electron chi connectivity index (χ0n) is 19.4. The number of hydrogen-bond acceptors (Lipinski definition) is 5. The van der Waals surface area contributed by atoms with Gasteiger partial charge in [-0.3, -0.25) is 9.59 Å². The highest BCUT2D eigenvalue weighted by molar-refractivity contribution is 9.10. The molecular weight excluding hydrogens is 526 g/mol. The fourth-order valence-corrected chi connectivity index (χ4v) is 3.39. The first kappa shape index (κ1) is 27.5. The molecule has 34 heavy (non-hydrogen) atoms. The second-order valence-corrected chi connectivity index (χ2v) is 9.73. The van der Waals surface area contributed by atoms with Gasteiger partial charge < -0.3 is 25.4 Å². The Morgan fingerprint density at radius 3 is 2.35 bits per heavy atom. The number of amides is 3. The van der Waals surface area contributed by atoms with E-state index in [1.54, 1.807) is 57.2 Å². The van der Waals surface area contributed by atoms with Gasteiger partial charge in [-0.15, -0.1) is 0 Å². The molecule has 2 aromatic carbocycles. The molecule has 2 aromatic rings. The lowest BCUT2D eigenvalue weighted by Gasteiger charge is -2.19. The van der Waals surface area contributed by atoms with Gasteiger partial charge in [0.15, 0.2) is 0 Å². The first-order chi connectivity index (χ1) is 16.0. The summed E-state index contributed by atoms with van der Waals surface area (Å²) in [6.07, 6.45) is 0.197. The standard InChI is InChI=1S/C24H29BrClN3O5/c1-24(2,3)34-23(32)28-15-22(31)27-14-16-6-9-18(10-7-16)29-21(30)5-4-12-33-20-11-8-17(25)13-19(20)26/h6-11,13H,4-5,12,14-15H2,1-3H3,(H,27,31)(H,28,32)(H,29,30). The van der Waals surface area contributed by atoms with Crippen LogP contribution in [0.2, 0.25) is 5.02 Å². The SMILES string of the molecule is CC(C)(C)OC(=O)NCC(=O)NCc1ccc(NC(=O)CCCOc2ccc(Br)cc2Cl)cc1. The van der Waals surface area contributed by atoms with Gasteiger partial charge in [-0.05, 0) is 63.1 Å². The number of anilines is 1. The lowest BCUT2D eigenvalue weighted by Crippen LogP contribution is -2.39. The van der Waals surface area contributed by atoms with E-state index in [9.17, 15) is 14.4 Å². The number of benzene rings is 2. The van der Waals surface area contributed by atoms with Gasteiger partial charge in [0, 0.05) is 23.1 Å². The summed E-state index contributed by atoms with van der Waals surface area (Å²) >= 11 is 9.44. The Labute approximate surface area is 212 Å². The van der Waals surface area contributed by atoms with Crippen LogP contribution >= 0.6 is 27.5 Å². The van der Waals surface area contributed by atoms with Crippen LogP contribution in [0.15, 0.2) is 46.9 Å². The lowest BCUT2D eigenvalue weighted by atomic mass is 10.2. The Balaban J connectivity index is 1.65. The van der Waals surface area contributed by atoms with Crippen molar-refractivity contribution >= 4 is 51.1 Å². The topological polar surface area (TPSA) is 106 Å². The third-order valence-electron chi connectivity index (χ3n) is 4.22. The number of ether oxygens (including phenoxy) is 2. The molecule has 0 saturated carbocycles. The number of hydrogen-bond donors (Lipinski definition) is 3. The number of carbonyl (C=O) groups is 3. The first-order valence-corrected chi connectivity index (χ1v) is 11.9. The number of nitrogens with one attached hydrogen (secondary N) is 3. The van der Waals surface area contributed by atoms with Gasteiger partial charge in [0.05, 0.1) is 11.6 Å². The molecule has 3 N–H and O–H groups in total. The summed E-state index contributed by atoms with van der Waals surface area (Å²) in [5, 5.41) is 8.45. The van der Waals surface area contributed by atoms with Crippen molar-refractivity contribution in [3.8, 4) is 5.75 Å². The van der Waals surface area contributed by atoms with Crippen molar-refractivity contribution in [1.29, 1.82) is 0 Å².